The lowest BCUT2D eigenvalue weighted by Gasteiger charge is -2.15. The van der Waals surface area contributed by atoms with E-state index in [1.807, 2.05) is 24.4 Å². The number of nitrogens with zero attached hydrogens (tertiary/aromatic N) is 1. The molecule has 0 bridgehead atoms. The Balaban J connectivity index is 1.81. The number of β-amino-alcohol motifs (C(OH)–C–C–N with tert-alkyl or cyclic N) is 1. The highest BCUT2D eigenvalue weighted by Crippen LogP contribution is 2.23. The number of halogens is 1. The van der Waals surface area contributed by atoms with Gasteiger partial charge in [-0.2, -0.15) is 0 Å². The largest absolute Gasteiger partial charge is 0.391 e. The van der Waals surface area contributed by atoms with Gasteiger partial charge in [-0.3, -0.25) is 4.79 Å². The molecule has 100 valence electrons. The Hall–Kier alpha value is -1.52. The molecular formula is C14H15ClN2O2. The SMILES string of the molecule is O=C(Cc1c[nH]c2ccc(Cl)cc12)N1CC[C@@H](O)C1. The molecule has 0 saturated carbocycles. The lowest BCUT2D eigenvalue weighted by Crippen LogP contribution is -2.30. The maximum Gasteiger partial charge on any atom is 0.227 e. The normalized spacial score (nSPS) is 19.3. The van der Waals surface area contributed by atoms with Crippen LogP contribution in [0.3, 0.4) is 0 Å². The molecule has 3 rings (SSSR count). The third kappa shape index (κ3) is 2.46. The molecule has 1 aliphatic rings. The minimum absolute atomic E-state index is 0.0532. The second-order valence-electron chi connectivity index (χ2n) is 4.96. The first kappa shape index (κ1) is 12.5. The second kappa shape index (κ2) is 4.87. The van der Waals surface area contributed by atoms with Gasteiger partial charge in [0.15, 0.2) is 0 Å². The smallest absolute Gasteiger partial charge is 0.227 e. The van der Waals surface area contributed by atoms with Gasteiger partial charge in [0.2, 0.25) is 5.91 Å². The van der Waals surface area contributed by atoms with Gasteiger partial charge in [0.05, 0.1) is 12.5 Å². The predicted octanol–water partition coefficient (Wildman–Crippen LogP) is 1.96. The molecular weight excluding hydrogens is 264 g/mol. The van der Waals surface area contributed by atoms with Crippen LogP contribution in [0.15, 0.2) is 24.4 Å². The van der Waals surface area contributed by atoms with Crippen LogP contribution < -0.4 is 0 Å². The number of hydrogen-bond acceptors (Lipinski definition) is 2. The molecule has 0 unspecified atom stereocenters. The minimum Gasteiger partial charge on any atom is -0.391 e. The van der Waals surface area contributed by atoms with E-state index < -0.39 is 0 Å². The molecule has 4 nitrogen and oxygen atoms in total. The number of aromatic nitrogens is 1. The molecule has 1 fully saturated rings. The zero-order chi connectivity index (χ0) is 13.4. The van der Waals surface area contributed by atoms with Crippen LogP contribution in [-0.2, 0) is 11.2 Å². The van der Waals surface area contributed by atoms with Crippen LogP contribution in [0, 0.1) is 0 Å². The summed E-state index contributed by atoms with van der Waals surface area (Å²) in [7, 11) is 0. The fourth-order valence-corrected chi connectivity index (χ4v) is 2.71. The van der Waals surface area contributed by atoms with Crippen molar-refractivity contribution in [3.05, 3.63) is 35.0 Å². The lowest BCUT2D eigenvalue weighted by atomic mass is 10.1. The van der Waals surface area contributed by atoms with Crippen molar-refractivity contribution in [2.45, 2.75) is 18.9 Å². The molecule has 2 aromatic rings. The van der Waals surface area contributed by atoms with Crippen LogP contribution in [0.4, 0.5) is 0 Å². The molecule has 1 atom stereocenters. The number of carbonyl (C=O) groups is 1. The van der Waals surface area contributed by atoms with Crippen LogP contribution in [0.5, 0.6) is 0 Å². The Morgan fingerprint density at radius 2 is 2.37 bits per heavy atom. The highest BCUT2D eigenvalue weighted by molar-refractivity contribution is 6.31. The fourth-order valence-electron chi connectivity index (χ4n) is 2.54. The van der Waals surface area contributed by atoms with Crippen molar-refractivity contribution >= 4 is 28.4 Å². The molecule has 2 N–H and O–H groups in total. The van der Waals surface area contributed by atoms with Crippen molar-refractivity contribution in [1.82, 2.24) is 9.88 Å². The summed E-state index contributed by atoms with van der Waals surface area (Å²) < 4.78 is 0. The summed E-state index contributed by atoms with van der Waals surface area (Å²) in [5.74, 6) is 0.0532. The van der Waals surface area contributed by atoms with E-state index in [2.05, 4.69) is 4.98 Å². The van der Waals surface area contributed by atoms with Crippen molar-refractivity contribution in [3.63, 3.8) is 0 Å². The van der Waals surface area contributed by atoms with Crippen LogP contribution in [-0.4, -0.2) is 40.1 Å². The lowest BCUT2D eigenvalue weighted by molar-refractivity contribution is -0.129. The first-order valence-electron chi connectivity index (χ1n) is 6.35. The van der Waals surface area contributed by atoms with Gasteiger partial charge in [-0.1, -0.05) is 11.6 Å². The Morgan fingerprint density at radius 1 is 1.53 bits per heavy atom. The van der Waals surface area contributed by atoms with E-state index in [1.54, 1.807) is 4.90 Å². The number of H-pyrrole nitrogens is 1. The average molecular weight is 279 g/mol. The standard InChI is InChI=1S/C14H15ClN2O2/c15-10-1-2-13-12(6-10)9(7-16-13)5-14(19)17-4-3-11(18)8-17/h1-2,6-7,11,16,18H,3-5,8H2/t11-/m1/s1. The van der Waals surface area contributed by atoms with Gasteiger partial charge < -0.3 is 15.0 Å². The summed E-state index contributed by atoms with van der Waals surface area (Å²) in [6.45, 7) is 1.09. The molecule has 1 aromatic heterocycles. The molecule has 19 heavy (non-hydrogen) atoms. The number of aliphatic hydroxyl groups excluding tert-OH is 1. The van der Waals surface area contributed by atoms with Gasteiger partial charge in [0.1, 0.15) is 0 Å². The molecule has 5 heteroatoms. The summed E-state index contributed by atoms with van der Waals surface area (Å²) in [6, 6.07) is 5.60. The number of fused-ring (bicyclic) bond motifs is 1. The van der Waals surface area contributed by atoms with Crippen LogP contribution in [0.2, 0.25) is 5.02 Å². The van der Waals surface area contributed by atoms with Gasteiger partial charge in [0.25, 0.3) is 0 Å². The Morgan fingerprint density at radius 3 is 3.11 bits per heavy atom. The molecule has 0 aliphatic carbocycles. The Kier molecular flexibility index (Phi) is 3.21. The molecule has 1 aliphatic heterocycles. The van der Waals surface area contributed by atoms with Crippen molar-refractivity contribution in [1.29, 1.82) is 0 Å². The Labute approximate surface area is 116 Å². The first-order chi connectivity index (χ1) is 9.13. The van der Waals surface area contributed by atoms with E-state index in [0.717, 1.165) is 16.5 Å². The average Bonchev–Trinajstić information content (AvgIpc) is 2.97. The molecule has 0 radical (unpaired) electrons. The number of likely N-dealkylation sites (tertiary alicyclic amines) is 1. The van der Waals surface area contributed by atoms with E-state index >= 15 is 0 Å². The van der Waals surface area contributed by atoms with Crippen LogP contribution in [0.25, 0.3) is 10.9 Å². The number of aliphatic hydroxyl groups is 1. The third-order valence-corrected chi connectivity index (χ3v) is 3.82. The fraction of sp³-hybridized carbons (Fsp3) is 0.357. The topological polar surface area (TPSA) is 56.3 Å². The second-order valence-corrected chi connectivity index (χ2v) is 5.40. The molecule has 1 aromatic carbocycles. The van der Waals surface area contributed by atoms with Gasteiger partial charge in [0, 0.05) is 35.2 Å². The number of benzene rings is 1. The summed E-state index contributed by atoms with van der Waals surface area (Å²) >= 11 is 5.99. The summed E-state index contributed by atoms with van der Waals surface area (Å²) in [4.78, 5) is 17.0. The molecule has 2 heterocycles. The van der Waals surface area contributed by atoms with Gasteiger partial charge in [-0.25, -0.2) is 0 Å². The first-order valence-corrected chi connectivity index (χ1v) is 6.72. The zero-order valence-corrected chi connectivity index (χ0v) is 11.2. The van der Waals surface area contributed by atoms with Gasteiger partial charge in [-0.05, 0) is 30.2 Å². The van der Waals surface area contributed by atoms with E-state index in [0.29, 0.717) is 31.0 Å². The monoisotopic (exact) mass is 278 g/mol. The minimum atomic E-state index is -0.374. The van der Waals surface area contributed by atoms with Crippen molar-refractivity contribution in [2.24, 2.45) is 0 Å². The van der Waals surface area contributed by atoms with E-state index in [-0.39, 0.29) is 12.0 Å². The zero-order valence-electron chi connectivity index (χ0n) is 10.4. The summed E-state index contributed by atoms with van der Waals surface area (Å²) in [5, 5.41) is 11.1. The number of hydrogen-bond donors (Lipinski definition) is 2. The number of nitrogens with one attached hydrogen (secondary N) is 1. The number of carbonyl (C=O) groups excluding carboxylic acids is 1. The molecule has 0 spiro atoms. The number of rotatable bonds is 2. The highest BCUT2D eigenvalue weighted by atomic mass is 35.5. The van der Waals surface area contributed by atoms with E-state index in [4.69, 9.17) is 11.6 Å². The molecule has 1 amide bonds. The van der Waals surface area contributed by atoms with Crippen molar-refractivity contribution < 1.29 is 9.90 Å². The summed E-state index contributed by atoms with van der Waals surface area (Å²) in [5.41, 5.74) is 1.93. The Bertz CT molecular complexity index is 623. The summed E-state index contributed by atoms with van der Waals surface area (Å²) in [6.07, 6.45) is 2.49. The predicted molar refractivity (Wildman–Crippen MR) is 74.2 cm³/mol. The van der Waals surface area contributed by atoms with Crippen molar-refractivity contribution in [3.8, 4) is 0 Å². The third-order valence-electron chi connectivity index (χ3n) is 3.59. The molecule has 1 saturated heterocycles. The number of aromatic amines is 1. The maximum absolute atomic E-state index is 12.2. The van der Waals surface area contributed by atoms with E-state index in [1.165, 1.54) is 0 Å². The van der Waals surface area contributed by atoms with E-state index in [9.17, 15) is 9.90 Å². The van der Waals surface area contributed by atoms with Gasteiger partial charge in [-0.15, -0.1) is 0 Å². The van der Waals surface area contributed by atoms with Crippen molar-refractivity contribution in [2.75, 3.05) is 13.1 Å². The van der Waals surface area contributed by atoms with Crippen LogP contribution in [0.1, 0.15) is 12.0 Å². The quantitative estimate of drug-likeness (QED) is 0.882. The van der Waals surface area contributed by atoms with Crippen LogP contribution >= 0.6 is 11.6 Å². The number of amides is 1. The van der Waals surface area contributed by atoms with Gasteiger partial charge >= 0.3 is 0 Å². The highest BCUT2D eigenvalue weighted by Gasteiger charge is 2.24. The maximum atomic E-state index is 12.2.